The minimum atomic E-state index is -0.898. The molecule has 0 radical (unpaired) electrons. The lowest BCUT2D eigenvalue weighted by atomic mass is 10.2. The van der Waals surface area contributed by atoms with Gasteiger partial charge in [-0.3, -0.25) is 4.79 Å². The number of aromatic nitrogens is 2. The van der Waals surface area contributed by atoms with Crippen LogP contribution < -0.4 is 0 Å². The summed E-state index contributed by atoms with van der Waals surface area (Å²) in [6, 6.07) is 2.25. The number of nitrogens with zero attached hydrogens (tertiary/aromatic N) is 2. The number of benzene rings is 1. The Balaban J connectivity index is 2.11. The number of rotatable bonds is 1. The molecule has 0 bridgehead atoms. The van der Waals surface area contributed by atoms with Crippen molar-refractivity contribution in [2.45, 2.75) is 25.3 Å². The molecular weight excluding hydrogens is 226 g/mol. The molecule has 1 aliphatic rings. The van der Waals surface area contributed by atoms with E-state index in [-0.39, 0.29) is 11.8 Å². The van der Waals surface area contributed by atoms with Crippen LogP contribution in [0.15, 0.2) is 18.5 Å². The third-order valence-electron chi connectivity index (χ3n) is 3.23. The molecule has 0 spiro atoms. The van der Waals surface area contributed by atoms with Gasteiger partial charge >= 0.3 is 0 Å². The molecule has 1 heterocycles. The van der Waals surface area contributed by atoms with E-state index >= 15 is 0 Å². The monoisotopic (exact) mass is 236 g/mol. The molecule has 0 N–H and O–H groups in total. The highest BCUT2D eigenvalue weighted by Crippen LogP contribution is 2.30. The molecule has 5 heteroatoms. The van der Waals surface area contributed by atoms with E-state index in [1.165, 1.54) is 0 Å². The first-order chi connectivity index (χ1) is 8.15. The Labute approximate surface area is 96.1 Å². The molecule has 0 amide bonds. The van der Waals surface area contributed by atoms with E-state index in [1.807, 2.05) is 0 Å². The van der Waals surface area contributed by atoms with Gasteiger partial charge in [0.2, 0.25) is 0 Å². The van der Waals surface area contributed by atoms with E-state index in [0.717, 1.165) is 18.6 Å². The maximum atomic E-state index is 13.2. The first kappa shape index (κ1) is 10.4. The number of carbonyl (C=O) groups excluding carboxylic acids is 1. The average molecular weight is 236 g/mol. The molecule has 1 saturated carbocycles. The third-order valence-corrected chi connectivity index (χ3v) is 3.23. The largest absolute Gasteiger partial charge is 0.327 e. The van der Waals surface area contributed by atoms with Crippen LogP contribution in [-0.4, -0.2) is 15.3 Å². The summed E-state index contributed by atoms with van der Waals surface area (Å²) >= 11 is 0. The summed E-state index contributed by atoms with van der Waals surface area (Å²) in [5.74, 6) is -1.58. The van der Waals surface area contributed by atoms with Crippen molar-refractivity contribution in [3.8, 4) is 0 Å². The van der Waals surface area contributed by atoms with Gasteiger partial charge < -0.3 is 4.57 Å². The van der Waals surface area contributed by atoms with Crippen LogP contribution >= 0.6 is 0 Å². The average Bonchev–Trinajstić information content (AvgIpc) is 2.86. The SMILES string of the molecule is O=C1CCC(n2cnc3cc(F)c(F)cc32)C1. The minimum Gasteiger partial charge on any atom is -0.327 e. The molecule has 0 aliphatic heterocycles. The Bertz CT molecular complexity index is 606. The Morgan fingerprint density at radius 1 is 1.29 bits per heavy atom. The highest BCUT2D eigenvalue weighted by molar-refractivity contribution is 5.82. The number of hydrogen-bond donors (Lipinski definition) is 0. The maximum absolute atomic E-state index is 13.2. The Morgan fingerprint density at radius 2 is 2.06 bits per heavy atom. The summed E-state index contributed by atoms with van der Waals surface area (Å²) in [4.78, 5) is 15.3. The molecule has 1 aromatic carbocycles. The van der Waals surface area contributed by atoms with Gasteiger partial charge in [-0.15, -0.1) is 0 Å². The summed E-state index contributed by atoms with van der Waals surface area (Å²) in [7, 11) is 0. The van der Waals surface area contributed by atoms with Crippen molar-refractivity contribution in [2.24, 2.45) is 0 Å². The number of ketones is 1. The lowest BCUT2D eigenvalue weighted by Gasteiger charge is -2.11. The van der Waals surface area contributed by atoms with Gasteiger partial charge in [-0.05, 0) is 6.42 Å². The van der Waals surface area contributed by atoms with E-state index in [0.29, 0.717) is 23.9 Å². The Hall–Kier alpha value is -1.78. The zero-order valence-corrected chi connectivity index (χ0v) is 8.99. The predicted molar refractivity (Wildman–Crippen MR) is 57.5 cm³/mol. The molecular formula is C12H10F2N2O. The topological polar surface area (TPSA) is 34.9 Å². The molecule has 1 fully saturated rings. The van der Waals surface area contributed by atoms with Gasteiger partial charge in [-0.25, -0.2) is 13.8 Å². The van der Waals surface area contributed by atoms with Gasteiger partial charge in [-0.1, -0.05) is 0 Å². The molecule has 88 valence electrons. The predicted octanol–water partition coefficient (Wildman–Crippen LogP) is 2.61. The second-order valence-electron chi connectivity index (χ2n) is 4.34. The summed E-state index contributed by atoms with van der Waals surface area (Å²) in [5.41, 5.74) is 0.965. The van der Waals surface area contributed by atoms with E-state index in [1.54, 1.807) is 10.9 Å². The summed E-state index contributed by atoms with van der Waals surface area (Å²) in [6.07, 6.45) is 3.29. The smallest absolute Gasteiger partial charge is 0.161 e. The van der Waals surface area contributed by atoms with E-state index in [2.05, 4.69) is 4.98 Å². The highest BCUT2D eigenvalue weighted by atomic mass is 19.2. The first-order valence-electron chi connectivity index (χ1n) is 5.48. The van der Waals surface area contributed by atoms with Crippen LogP contribution in [0.3, 0.4) is 0 Å². The molecule has 3 nitrogen and oxygen atoms in total. The molecule has 17 heavy (non-hydrogen) atoms. The fraction of sp³-hybridized carbons (Fsp3) is 0.333. The van der Waals surface area contributed by atoms with Gasteiger partial charge in [0.1, 0.15) is 5.78 Å². The van der Waals surface area contributed by atoms with E-state index in [4.69, 9.17) is 0 Å². The van der Waals surface area contributed by atoms with E-state index in [9.17, 15) is 13.6 Å². The third kappa shape index (κ3) is 1.62. The number of Topliss-reactive ketones (excluding diaryl/α,β-unsaturated/α-hetero) is 1. The van der Waals surface area contributed by atoms with Gasteiger partial charge in [0.15, 0.2) is 11.6 Å². The zero-order chi connectivity index (χ0) is 12.0. The molecule has 0 saturated heterocycles. The molecule has 1 unspecified atom stereocenters. The van der Waals surface area contributed by atoms with Gasteiger partial charge in [0.25, 0.3) is 0 Å². The van der Waals surface area contributed by atoms with Crippen molar-refractivity contribution in [3.05, 3.63) is 30.1 Å². The first-order valence-corrected chi connectivity index (χ1v) is 5.48. The van der Waals surface area contributed by atoms with Crippen LogP contribution in [0.2, 0.25) is 0 Å². The second-order valence-corrected chi connectivity index (χ2v) is 4.34. The maximum Gasteiger partial charge on any atom is 0.161 e. The van der Waals surface area contributed by atoms with Gasteiger partial charge in [0.05, 0.1) is 17.4 Å². The lowest BCUT2D eigenvalue weighted by molar-refractivity contribution is -0.117. The fourth-order valence-electron chi connectivity index (χ4n) is 2.35. The molecule has 1 aliphatic carbocycles. The lowest BCUT2D eigenvalue weighted by Crippen LogP contribution is -2.04. The summed E-state index contributed by atoms with van der Waals surface area (Å²) in [5, 5.41) is 0. The van der Waals surface area contributed by atoms with Gasteiger partial charge in [0, 0.05) is 31.0 Å². The number of halogens is 2. The number of fused-ring (bicyclic) bond motifs is 1. The quantitative estimate of drug-likeness (QED) is 0.762. The van der Waals surface area contributed by atoms with Gasteiger partial charge in [-0.2, -0.15) is 0 Å². The fourth-order valence-corrected chi connectivity index (χ4v) is 2.35. The second kappa shape index (κ2) is 3.61. The minimum absolute atomic E-state index is 0.0253. The van der Waals surface area contributed by atoms with Crippen LogP contribution in [0.25, 0.3) is 11.0 Å². The van der Waals surface area contributed by atoms with Crippen molar-refractivity contribution in [3.63, 3.8) is 0 Å². The zero-order valence-electron chi connectivity index (χ0n) is 8.99. The standard InChI is InChI=1S/C12H10F2N2O/c13-9-4-11-12(5-10(9)14)16(6-15-11)7-1-2-8(17)3-7/h4-7H,1-3H2. The molecule has 2 aromatic rings. The highest BCUT2D eigenvalue weighted by Gasteiger charge is 2.25. The Morgan fingerprint density at radius 3 is 2.76 bits per heavy atom. The van der Waals surface area contributed by atoms with Crippen molar-refractivity contribution >= 4 is 16.8 Å². The van der Waals surface area contributed by atoms with Crippen LogP contribution in [0.5, 0.6) is 0 Å². The summed E-state index contributed by atoms with van der Waals surface area (Å²) < 4.78 is 28.0. The Kier molecular flexibility index (Phi) is 2.21. The normalized spacial score (nSPS) is 20.4. The summed E-state index contributed by atoms with van der Waals surface area (Å²) in [6.45, 7) is 0. The molecule has 3 rings (SSSR count). The van der Waals surface area contributed by atoms with Crippen LogP contribution in [0.1, 0.15) is 25.3 Å². The van der Waals surface area contributed by atoms with Crippen molar-refractivity contribution in [2.75, 3.05) is 0 Å². The number of carbonyl (C=O) groups is 1. The van der Waals surface area contributed by atoms with Crippen molar-refractivity contribution < 1.29 is 13.6 Å². The van der Waals surface area contributed by atoms with Crippen LogP contribution in [0.4, 0.5) is 8.78 Å². The molecule has 1 aromatic heterocycles. The number of hydrogen-bond acceptors (Lipinski definition) is 2. The number of imidazole rings is 1. The van der Waals surface area contributed by atoms with Crippen molar-refractivity contribution in [1.29, 1.82) is 0 Å². The van der Waals surface area contributed by atoms with Crippen LogP contribution in [0, 0.1) is 11.6 Å². The van der Waals surface area contributed by atoms with E-state index < -0.39 is 11.6 Å². The van der Waals surface area contributed by atoms with Crippen molar-refractivity contribution in [1.82, 2.24) is 9.55 Å². The molecule has 1 atom stereocenters. The van der Waals surface area contributed by atoms with Crippen LogP contribution in [-0.2, 0) is 4.79 Å².